The lowest BCUT2D eigenvalue weighted by molar-refractivity contribution is 0.0942. The van der Waals surface area contributed by atoms with E-state index in [0.29, 0.717) is 33.6 Å². The van der Waals surface area contributed by atoms with Crippen LogP contribution in [0, 0.1) is 5.82 Å². The number of nitrogen functional groups attached to an aromatic ring is 1. The minimum atomic E-state index is -0.444. The fourth-order valence-electron chi connectivity index (χ4n) is 7.57. The molecule has 3 aromatic carbocycles. The van der Waals surface area contributed by atoms with Crippen LogP contribution < -0.4 is 36.0 Å². The molecule has 6 heterocycles. The predicted octanol–water partition coefficient (Wildman–Crippen LogP) is 4.82. The number of hydrogen-bond donors (Lipinski definition) is 2. The van der Waals surface area contributed by atoms with E-state index in [9.17, 15) is 14.0 Å². The molecule has 55 heavy (non-hydrogen) atoms. The zero-order valence-corrected chi connectivity index (χ0v) is 30.8. The first-order valence-corrected chi connectivity index (χ1v) is 19.2. The van der Waals surface area contributed by atoms with Crippen LogP contribution in [0.4, 0.5) is 33.2 Å². The Hall–Kier alpha value is -6.06. The van der Waals surface area contributed by atoms with Crippen LogP contribution in [-0.2, 0) is 6.42 Å². The van der Waals surface area contributed by atoms with Gasteiger partial charge >= 0.3 is 0 Å². The first kappa shape index (κ1) is 34.7. The molecule has 3 aliphatic rings. The number of anilines is 5. The zero-order valence-electron chi connectivity index (χ0n) is 30.0. The maximum atomic E-state index is 13.6. The molecule has 0 bridgehead atoms. The van der Waals surface area contributed by atoms with Crippen molar-refractivity contribution in [3.05, 3.63) is 118 Å². The number of carbonyl (C=O) groups is 1. The molecule has 15 heteroatoms. The summed E-state index contributed by atoms with van der Waals surface area (Å²) in [6, 6.07) is 26.0. The van der Waals surface area contributed by atoms with Gasteiger partial charge in [-0.15, -0.1) is 11.3 Å². The number of halogens is 1. The lowest BCUT2D eigenvalue weighted by atomic mass is 10.1. The Balaban J connectivity index is 0.812. The Bertz CT molecular complexity index is 2400. The maximum absolute atomic E-state index is 13.6. The third kappa shape index (κ3) is 7.03. The number of fused-ring (bicyclic) bond motifs is 2. The second-order valence-corrected chi connectivity index (χ2v) is 15.0. The molecule has 0 saturated carbocycles. The van der Waals surface area contributed by atoms with Gasteiger partial charge in [0.2, 0.25) is 5.95 Å². The number of para-hydroxylation sites is 1. The number of amides is 1. The normalized spacial score (nSPS) is 17.1. The van der Waals surface area contributed by atoms with Crippen molar-refractivity contribution in [1.82, 2.24) is 29.7 Å². The minimum Gasteiger partial charge on any atom is -0.471 e. The molecule has 0 radical (unpaired) electrons. The van der Waals surface area contributed by atoms with Gasteiger partial charge in [-0.1, -0.05) is 30.3 Å². The molecule has 6 aromatic rings. The van der Waals surface area contributed by atoms with E-state index in [4.69, 9.17) is 10.5 Å². The largest absolute Gasteiger partial charge is 0.471 e. The average Bonchev–Trinajstić information content (AvgIpc) is 3.97. The molecule has 280 valence electrons. The van der Waals surface area contributed by atoms with E-state index in [0.717, 1.165) is 75.8 Å². The van der Waals surface area contributed by atoms with Gasteiger partial charge in [-0.3, -0.25) is 14.2 Å². The van der Waals surface area contributed by atoms with Crippen LogP contribution in [0.1, 0.15) is 21.7 Å². The van der Waals surface area contributed by atoms with Crippen molar-refractivity contribution in [2.45, 2.75) is 18.9 Å². The fraction of sp³-hybridized carbons (Fsp3) is 0.275. The fourth-order valence-corrected chi connectivity index (χ4v) is 8.50. The van der Waals surface area contributed by atoms with E-state index < -0.39 is 11.4 Å². The smallest absolute Gasteiger partial charge is 0.298 e. The number of hydrogen-bond acceptors (Lipinski definition) is 12. The van der Waals surface area contributed by atoms with Crippen LogP contribution in [0.25, 0.3) is 16.0 Å². The Morgan fingerprint density at radius 3 is 2.44 bits per heavy atom. The molecule has 1 amide bonds. The van der Waals surface area contributed by atoms with Gasteiger partial charge in [-0.05, 0) is 66.9 Å². The van der Waals surface area contributed by atoms with E-state index in [2.05, 4.69) is 59.2 Å². The van der Waals surface area contributed by atoms with Gasteiger partial charge in [0, 0.05) is 63.2 Å². The number of likely N-dealkylation sites (tertiary alicyclic amines) is 1. The summed E-state index contributed by atoms with van der Waals surface area (Å²) in [4.78, 5) is 49.5. The van der Waals surface area contributed by atoms with Crippen molar-refractivity contribution in [2.24, 2.45) is 0 Å². The molecule has 2 saturated heterocycles. The van der Waals surface area contributed by atoms with Crippen molar-refractivity contribution >= 4 is 56.4 Å². The van der Waals surface area contributed by atoms with Crippen LogP contribution in [0.2, 0.25) is 0 Å². The molecule has 13 nitrogen and oxygen atoms in total. The highest BCUT2D eigenvalue weighted by molar-refractivity contribution is 7.20. The highest BCUT2D eigenvalue weighted by Crippen LogP contribution is 2.40. The summed E-state index contributed by atoms with van der Waals surface area (Å²) in [5.74, 6) is 0.535. The number of rotatable bonds is 9. The van der Waals surface area contributed by atoms with Crippen molar-refractivity contribution in [3.63, 3.8) is 0 Å². The van der Waals surface area contributed by atoms with Crippen LogP contribution in [0.3, 0.4) is 0 Å². The summed E-state index contributed by atoms with van der Waals surface area (Å²) in [6.07, 6.45) is 4.19. The van der Waals surface area contributed by atoms with E-state index in [1.807, 2.05) is 53.4 Å². The first-order valence-electron chi connectivity index (χ1n) is 18.4. The highest BCUT2D eigenvalue weighted by Gasteiger charge is 2.27. The van der Waals surface area contributed by atoms with Crippen molar-refractivity contribution in [3.8, 4) is 11.4 Å². The second kappa shape index (κ2) is 14.6. The number of thiophene rings is 1. The molecular weight excluding hydrogens is 720 g/mol. The van der Waals surface area contributed by atoms with Gasteiger partial charge in [0.1, 0.15) is 10.6 Å². The van der Waals surface area contributed by atoms with Crippen LogP contribution in [-0.4, -0.2) is 88.9 Å². The van der Waals surface area contributed by atoms with Gasteiger partial charge in [-0.25, -0.2) is 19.3 Å². The average molecular weight is 759 g/mol. The van der Waals surface area contributed by atoms with Crippen LogP contribution in [0.5, 0.6) is 5.75 Å². The summed E-state index contributed by atoms with van der Waals surface area (Å²) in [5.41, 5.74) is 11.1. The maximum Gasteiger partial charge on any atom is 0.298 e. The number of ether oxygens (including phenoxy) is 1. The molecule has 0 spiro atoms. The van der Waals surface area contributed by atoms with Gasteiger partial charge in [-0.2, -0.15) is 0 Å². The molecular formula is C40H39FN10O3S. The monoisotopic (exact) mass is 758 g/mol. The molecule has 2 fully saturated rings. The zero-order chi connectivity index (χ0) is 37.5. The topological polar surface area (TPSA) is 138 Å². The summed E-state index contributed by atoms with van der Waals surface area (Å²) in [5, 5.41) is 3.22. The third-order valence-corrected chi connectivity index (χ3v) is 11.5. The summed E-state index contributed by atoms with van der Waals surface area (Å²) < 4.78 is 20.7. The SMILES string of the molecule is Nc1nc2sc(C(=O)N[C@@H]3CCN(CCc4ccc(N5CCN(c6ncc(F)cn6)CC5)cc4)C3)cc2n(-c2ccc3c(c2)N(c2ccccc2)CO3)c1=O. The van der Waals surface area contributed by atoms with Gasteiger partial charge in [0.25, 0.3) is 11.5 Å². The third-order valence-electron chi connectivity index (χ3n) is 10.5. The number of carbonyl (C=O) groups excluding carboxylic acids is 1. The van der Waals surface area contributed by atoms with Gasteiger partial charge < -0.3 is 35.4 Å². The standard InChI is InChI=1S/C40H39FN10O3S/c41-27-22-43-40(44-23-27)49-18-16-48(17-19-49)29-8-6-26(7-9-29)12-14-47-15-13-28(24-47)45-37(52)35-21-33-38(55-35)46-36(42)39(53)51(33)31-10-11-34-32(20-31)50(25-54-34)30-4-2-1-3-5-30/h1-11,20-23,28H,12-19,24-25H2,(H2,42,46)(H,45,52)/t28-/m1/s1. The van der Waals surface area contributed by atoms with Crippen molar-refractivity contribution in [1.29, 1.82) is 0 Å². The van der Waals surface area contributed by atoms with Crippen molar-refractivity contribution < 1.29 is 13.9 Å². The number of benzene rings is 3. The van der Waals surface area contributed by atoms with Gasteiger partial charge in [0.15, 0.2) is 18.4 Å². The quantitative estimate of drug-likeness (QED) is 0.210. The summed E-state index contributed by atoms with van der Waals surface area (Å²) >= 11 is 1.23. The molecule has 9 rings (SSSR count). The van der Waals surface area contributed by atoms with E-state index in [1.165, 1.54) is 39.5 Å². The van der Waals surface area contributed by atoms with E-state index in [1.54, 1.807) is 6.07 Å². The van der Waals surface area contributed by atoms with Crippen molar-refractivity contribution in [2.75, 3.05) is 73.0 Å². The minimum absolute atomic E-state index is 0.0139. The molecule has 0 unspecified atom stereocenters. The van der Waals surface area contributed by atoms with Crippen LogP contribution >= 0.6 is 11.3 Å². The molecule has 3 aromatic heterocycles. The number of nitrogens with two attached hydrogens (primary N) is 1. The molecule has 0 aliphatic carbocycles. The number of nitrogens with one attached hydrogen (secondary N) is 1. The number of nitrogens with zero attached hydrogens (tertiary/aromatic N) is 8. The molecule has 3 N–H and O–H groups in total. The number of piperazine rings is 1. The Labute approximate surface area is 320 Å². The van der Waals surface area contributed by atoms with Crippen LogP contribution in [0.15, 0.2) is 96.1 Å². The first-order chi connectivity index (χ1) is 26.9. The summed E-state index contributed by atoms with van der Waals surface area (Å²) in [6.45, 7) is 6.14. The molecule has 1 atom stereocenters. The lowest BCUT2D eigenvalue weighted by Crippen LogP contribution is -2.47. The Morgan fingerprint density at radius 2 is 1.65 bits per heavy atom. The Morgan fingerprint density at radius 1 is 0.909 bits per heavy atom. The highest BCUT2D eigenvalue weighted by atomic mass is 32.1. The lowest BCUT2D eigenvalue weighted by Gasteiger charge is -2.36. The Kier molecular flexibility index (Phi) is 9.23. The molecule has 3 aliphatic heterocycles. The van der Waals surface area contributed by atoms with E-state index in [-0.39, 0.29) is 17.8 Å². The van der Waals surface area contributed by atoms with Gasteiger partial charge in [0.05, 0.1) is 34.2 Å². The second-order valence-electron chi connectivity index (χ2n) is 14.0. The summed E-state index contributed by atoms with van der Waals surface area (Å²) in [7, 11) is 0. The number of aromatic nitrogens is 4. The predicted molar refractivity (Wildman–Crippen MR) is 213 cm³/mol. The van der Waals surface area contributed by atoms with E-state index >= 15 is 0 Å².